The quantitative estimate of drug-likeness (QED) is 0.482. The summed E-state index contributed by atoms with van der Waals surface area (Å²) in [6.07, 6.45) is 0. The third kappa shape index (κ3) is 3.61. The number of rotatable bonds is 5. The Kier molecular flexibility index (Phi) is 4.51. The zero-order chi connectivity index (χ0) is 11.4. The molecule has 0 aliphatic carbocycles. The molecule has 0 radical (unpaired) electrons. The van der Waals surface area contributed by atoms with Gasteiger partial charge in [0.25, 0.3) is 0 Å². The fraction of sp³-hybridized carbons (Fsp3) is 0.889. The summed E-state index contributed by atoms with van der Waals surface area (Å²) in [5, 5.41) is 29.4. The first-order chi connectivity index (χ1) is 6.27. The summed E-state index contributed by atoms with van der Waals surface area (Å²) in [5.74, 6) is -1.24. The number of aliphatic hydroxyl groups excluding tert-OH is 2. The van der Waals surface area contributed by atoms with Crippen molar-refractivity contribution < 1.29 is 20.1 Å². The topological polar surface area (TPSA) is 89.8 Å². The second kappa shape index (κ2) is 4.72. The molecular weight excluding hydrogens is 186 g/mol. The zero-order valence-corrected chi connectivity index (χ0v) is 8.87. The van der Waals surface area contributed by atoms with Crippen molar-refractivity contribution in [3.8, 4) is 0 Å². The van der Waals surface area contributed by atoms with Gasteiger partial charge in [-0.25, -0.2) is 0 Å². The Morgan fingerprint density at radius 3 is 1.86 bits per heavy atom. The van der Waals surface area contributed by atoms with E-state index in [0.717, 1.165) is 0 Å². The predicted octanol–water partition coefficient (Wildman–Crippen LogP) is -0.570. The van der Waals surface area contributed by atoms with Gasteiger partial charge >= 0.3 is 5.97 Å². The number of carbonyl (C=O) groups is 1. The monoisotopic (exact) mass is 205 g/mol. The first-order valence-electron chi connectivity index (χ1n) is 4.47. The van der Waals surface area contributed by atoms with E-state index in [1.54, 1.807) is 0 Å². The van der Waals surface area contributed by atoms with Gasteiger partial charge in [0.2, 0.25) is 0 Å². The van der Waals surface area contributed by atoms with E-state index < -0.39 is 24.7 Å². The van der Waals surface area contributed by atoms with Crippen LogP contribution in [0.15, 0.2) is 0 Å². The maximum Gasteiger partial charge on any atom is 0.328 e. The summed E-state index contributed by atoms with van der Waals surface area (Å²) in [7, 11) is 0. The molecule has 0 saturated heterocycles. The number of aliphatic hydroxyl groups is 2. The molecule has 4 N–H and O–H groups in total. The van der Waals surface area contributed by atoms with Crippen LogP contribution in [0.25, 0.3) is 0 Å². The molecule has 0 bridgehead atoms. The van der Waals surface area contributed by atoms with E-state index in [-0.39, 0.29) is 5.41 Å². The molecule has 0 aromatic rings. The number of carboxylic acids is 1. The molecule has 14 heavy (non-hydrogen) atoms. The Morgan fingerprint density at radius 1 is 1.21 bits per heavy atom. The van der Waals surface area contributed by atoms with Crippen molar-refractivity contribution in [1.82, 2.24) is 5.32 Å². The molecule has 0 saturated carbocycles. The highest BCUT2D eigenvalue weighted by molar-refractivity contribution is 5.79. The summed E-state index contributed by atoms with van der Waals surface area (Å²) in [5.41, 5.74) is -1.74. The highest BCUT2D eigenvalue weighted by atomic mass is 16.4. The van der Waals surface area contributed by atoms with Crippen LogP contribution in [-0.2, 0) is 4.79 Å². The highest BCUT2D eigenvalue weighted by Crippen LogP contribution is 2.13. The van der Waals surface area contributed by atoms with Crippen LogP contribution in [0.1, 0.15) is 20.8 Å². The number of carboxylic acid groups (broad SMARTS) is 1. The lowest BCUT2D eigenvalue weighted by atomic mass is 9.94. The molecule has 0 aromatic heterocycles. The Morgan fingerprint density at radius 2 is 1.64 bits per heavy atom. The molecule has 0 aromatic carbocycles. The van der Waals surface area contributed by atoms with E-state index >= 15 is 0 Å². The van der Waals surface area contributed by atoms with Crippen LogP contribution in [-0.4, -0.2) is 46.6 Å². The Bertz CT molecular complexity index is 193. The van der Waals surface area contributed by atoms with E-state index in [0.29, 0.717) is 6.54 Å². The first kappa shape index (κ1) is 13.4. The van der Waals surface area contributed by atoms with Crippen molar-refractivity contribution in [1.29, 1.82) is 0 Å². The largest absolute Gasteiger partial charge is 0.480 e. The Hall–Kier alpha value is -0.650. The smallest absolute Gasteiger partial charge is 0.328 e. The van der Waals surface area contributed by atoms with Crippen LogP contribution >= 0.6 is 0 Å². The van der Waals surface area contributed by atoms with Gasteiger partial charge in [-0.2, -0.15) is 0 Å². The SMILES string of the molecule is CC(C)(C)CNC(CO)(CO)C(=O)O. The van der Waals surface area contributed by atoms with E-state index in [2.05, 4.69) is 5.32 Å². The summed E-state index contributed by atoms with van der Waals surface area (Å²) < 4.78 is 0. The maximum atomic E-state index is 10.8. The molecule has 84 valence electrons. The van der Waals surface area contributed by atoms with Crippen LogP contribution in [0.5, 0.6) is 0 Å². The summed E-state index contributed by atoms with van der Waals surface area (Å²) in [4.78, 5) is 10.8. The van der Waals surface area contributed by atoms with E-state index in [1.807, 2.05) is 20.8 Å². The minimum Gasteiger partial charge on any atom is -0.480 e. The molecule has 0 amide bonds. The molecule has 0 unspecified atom stereocenters. The Labute approximate surface area is 83.8 Å². The van der Waals surface area contributed by atoms with Crippen molar-refractivity contribution in [2.75, 3.05) is 19.8 Å². The van der Waals surface area contributed by atoms with Gasteiger partial charge in [-0.15, -0.1) is 0 Å². The van der Waals surface area contributed by atoms with Crippen molar-refractivity contribution in [2.45, 2.75) is 26.3 Å². The van der Waals surface area contributed by atoms with Gasteiger partial charge in [-0.3, -0.25) is 10.1 Å². The van der Waals surface area contributed by atoms with Crippen molar-refractivity contribution >= 4 is 5.97 Å². The number of aliphatic carboxylic acids is 1. The second-order valence-electron chi connectivity index (χ2n) is 4.62. The van der Waals surface area contributed by atoms with E-state index in [1.165, 1.54) is 0 Å². The molecule has 0 aliphatic rings. The van der Waals surface area contributed by atoms with Gasteiger partial charge in [-0.1, -0.05) is 20.8 Å². The number of nitrogens with one attached hydrogen (secondary N) is 1. The van der Waals surface area contributed by atoms with Crippen LogP contribution in [0.4, 0.5) is 0 Å². The van der Waals surface area contributed by atoms with Crippen LogP contribution in [0.3, 0.4) is 0 Å². The Balaban J connectivity index is 4.45. The van der Waals surface area contributed by atoms with Crippen LogP contribution in [0, 0.1) is 5.41 Å². The molecular formula is C9H19NO4. The van der Waals surface area contributed by atoms with Gasteiger partial charge in [0, 0.05) is 6.54 Å². The average molecular weight is 205 g/mol. The van der Waals surface area contributed by atoms with Gasteiger partial charge in [0.1, 0.15) is 0 Å². The predicted molar refractivity (Wildman–Crippen MR) is 52.0 cm³/mol. The van der Waals surface area contributed by atoms with Crippen molar-refractivity contribution in [3.05, 3.63) is 0 Å². The maximum absolute atomic E-state index is 10.8. The second-order valence-corrected chi connectivity index (χ2v) is 4.62. The van der Waals surface area contributed by atoms with Crippen LogP contribution in [0.2, 0.25) is 0 Å². The zero-order valence-electron chi connectivity index (χ0n) is 8.87. The third-order valence-corrected chi connectivity index (χ3v) is 1.91. The van der Waals surface area contributed by atoms with Gasteiger partial charge in [0.05, 0.1) is 13.2 Å². The van der Waals surface area contributed by atoms with Crippen molar-refractivity contribution in [3.63, 3.8) is 0 Å². The first-order valence-corrected chi connectivity index (χ1v) is 4.47. The molecule has 0 atom stereocenters. The molecule has 0 aliphatic heterocycles. The van der Waals surface area contributed by atoms with Gasteiger partial charge in [0.15, 0.2) is 5.54 Å². The summed E-state index contributed by atoms with van der Waals surface area (Å²) in [6, 6.07) is 0. The molecule has 0 spiro atoms. The fourth-order valence-corrected chi connectivity index (χ4v) is 0.807. The molecule has 5 nitrogen and oxygen atoms in total. The van der Waals surface area contributed by atoms with Crippen LogP contribution < -0.4 is 5.32 Å². The van der Waals surface area contributed by atoms with E-state index in [4.69, 9.17) is 15.3 Å². The average Bonchev–Trinajstić information content (AvgIpc) is 2.04. The third-order valence-electron chi connectivity index (χ3n) is 1.91. The summed E-state index contributed by atoms with van der Waals surface area (Å²) in [6.45, 7) is 4.94. The normalized spacial score (nSPS) is 12.9. The van der Waals surface area contributed by atoms with Gasteiger partial charge < -0.3 is 15.3 Å². The van der Waals surface area contributed by atoms with E-state index in [9.17, 15) is 4.79 Å². The lowest BCUT2D eigenvalue weighted by Gasteiger charge is -2.30. The number of hydrogen-bond acceptors (Lipinski definition) is 4. The standard InChI is InChI=1S/C9H19NO4/c1-8(2,3)4-10-9(5-11,6-12)7(13)14/h10-12H,4-6H2,1-3H3,(H,13,14). The van der Waals surface area contributed by atoms with Gasteiger partial charge in [-0.05, 0) is 5.41 Å². The lowest BCUT2D eigenvalue weighted by Crippen LogP contribution is -2.59. The molecule has 0 fully saturated rings. The molecule has 0 heterocycles. The molecule has 5 heteroatoms. The highest BCUT2D eigenvalue weighted by Gasteiger charge is 2.37. The lowest BCUT2D eigenvalue weighted by molar-refractivity contribution is -0.149. The molecule has 0 rings (SSSR count). The minimum absolute atomic E-state index is 0.106. The summed E-state index contributed by atoms with van der Waals surface area (Å²) >= 11 is 0. The minimum atomic E-state index is -1.63. The fourth-order valence-electron chi connectivity index (χ4n) is 0.807. The number of hydrogen-bond donors (Lipinski definition) is 4. The van der Waals surface area contributed by atoms with Crippen molar-refractivity contribution in [2.24, 2.45) is 5.41 Å².